The number of hydrogen-bond donors (Lipinski definition) is 1. The summed E-state index contributed by atoms with van der Waals surface area (Å²) in [5, 5.41) is 7.96. The highest BCUT2D eigenvalue weighted by Gasteiger charge is 2.39. The summed E-state index contributed by atoms with van der Waals surface area (Å²) >= 11 is 0. The Kier molecular flexibility index (Phi) is 5.17. The van der Waals surface area contributed by atoms with Gasteiger partial charge in [0, 0.05) is 20.1 Å². The number of hydrogen-bond acceptors (Lipinski definition) is 4. The fourth-order valence-electron chi connectivity index (χ4n) is 3.87. The quantitative estimate of drug-likeness (QED) is 0.923. The zero-order chi connectivity index (χ0) is 14.2. The number of nitrogens with one attached hydrogen (secondary N) is 1. The molecule has 1 spiro atoms. The van der Waals surface area contributed by atoms with Gasteiger partial charge in [0.1, 0.15) is 0 Å². The van der Waals surface area contributed by atoms with E-state index >= 15 is 0 Å². The maximum Gasteiger partial charge on any atom is 0.216 e. The van der Waals surface area contributed by atoms with Crippen LogP contribution in [0, 0.1) is 12.3 Å². The van der Waals surface area contributed by atoms with E-state index in [-0.39, 0.29) is 12.4 Å². The molecule has 2 saturated heterocycles. The number of piperidine rings is 1. The number of nitrogens with zero attached hydrogens (tertiary/aromatic N) is 3. The molecule has 21 heavy (non-hydrogen) atoms. The Morgan fingerprint density at radius 1 is 1.29 bits per heavy atom. The van der Waals surface area contributed by atoms with Crippen LogP contribution >= 0.6 is 12.4 Å². The number of likely N-dealkylation sites (tertiary alicyclic amines) is 1. The first kappa shape index (κ1) is 16.6. The molecular weight excluding hydrogens is 288 g/mol. The molecule has 0 aromatic carbocycles. The molecule has 2 fully saturated rings. The van der Waals surface area contributed by atoms with Crippen LogP contribution in [0.15, 0.2) is 0 Å². The van der Waals surface area contributed by atoms with Crippen LogP contribution < -0.4 is 10.1 Å². The highest BCUT2D eigenvalue weighted by atomic mass is 35.5. The standard InChI is InChI=1S/C15H26N4O.ClH/c1-12-13(14(20-3)18(2)17-12)10-19-9-6-15(11-19)4-7-16-8-5-15;/h16H,4-11H2,1-3H3;1H. The Balaban J connectivity index is 0.00000161. The first-order valence-corrected chi connectivity index (χ1v) is 7.63. The Hall–Kier alpha value is -0.780. The normalized spacial score (nSPS) is 21.5. The van der Waals surface area contributed by atoms with Crippen LogP contribution in [0.3, 0.4) is 0 Å². The molecule has 2 aliphatic heterocycles. The third kappa shape index (κ3) is 3.20. The van der Waals surface area contributed by atoms with Gasteiger partial charge in [-0.3, -0.25) is 4.90 Å². The summed E-state index contributed by atoms with van der Waals surface area (Å²) in [7, 11) is 3.69. The Morgan fingerprint density at radius 3 is 2.67 bits per heavy atom. The molecule has 0 aliphatic carbocycles. The predicted molar refractivity (Wildman–Crippen MR) is 86.2 cm³/mol. The lowest BCUT2D eigenvalue weighted by Gasteiger charge is -2.33. The van der Waals surface area contributed by atoms with E-state index in [4.69, 9.17) is 4.74 Å². The monoisotopic (exact) mass is 314 g/mol. The van der Waals surface area contributed by atoms with E-state index in [9.17, 15) is 0 Å². The molecule has 2 aliphatic rings. The van der Waals surface area contributed by atoms with Crippen LogP contribution in [0.2, 0.25) is 0 Å². The van der Waals surface area contributed by atoms with Crippen molar-refractivity contribution in [3.8, 4) is 5.88 Å². The van der Waals surface area contributed by atoms with Gasteiger partial charge in [-0.15, -0.1) is 12.4 Å². The number of halogens is 1. The summed E-state index contributed by atoms with van der Waals surface area (Å²) in [6, 6.07) is 0. The molecule has 0 radical (unpaired) electrons. The fraction of sp³-hybridized carbons (Fsp3) is 0.800. The third-order valence-corrected chi connectivity index (χ3v) is 5.05. The van der Waals surface area contributed by atoms with Crippen LogP contribution in [0.5, 0.6) is 5.88 Å². The number of aryl methyl sites for hydroxylation is 2. The predicted octanol–water partition coefficient (Wildman–Crippen LogP) is 1.73. The third-order valence-electron chi connectivity index (χ3n) is 5.05. The first-order valence-electron chi connectivity index (χ1n) is 7.63. The van der Waals surface area contributed by atoms with Gasteiger partial charge in [0.25, 0.3) is 0 Å². The van der Waals surface area contributed by atoms with E-state index < -0.39 is 0 Å². The fourth-order valence-corrected chi connectivity index (χ4v) is 3.87. The lowest BCUT2D eigenvalue weighted by atomic mass is 9.78. The minimum atomic E-state index is 0. The van der Waals surface area contributed by atoms with Gasteiger partial charge >= 0.3 is 0 Å². The van der Waals surface area contributed by atoms with Crippen LogP contribution in [-0.4, -0.2) is 48.0 Å². The number of rotatable bonds is 3. The maximum absolute atomic E-state index is 5.51. The SMILES string of the molecule is COc1c(CN2CCC3(CCNCC3)C2)c(C)nn1C.Cl. The molecule has 0 unspecified atom stereocenters. The molecule has 0 saturated carbocycles. The van der Waals surface area contributed by atoms with Gasteiger partial charge in [-0.25, -0.2) is 4.68 Å². The zero-order valence-corrected chi connectivity index (χ0v) is 14.1. The van der Waals surface area contributed by atoms with Crippen molar-refractivity contribution in [2.45, 2.75) is 32.7 Å². The summed E-state index contributed by atoms with van der Waals surface area (Å²) in [4.78, 5) is 2.58. The molecule has 0 amide bonds. The molecule has 1 aromatic heterocycles. The first-order chi connectivity index (χ1) is 9.63. The molecule has 1 aromatic rings. The average Bonchev–Trinajstić information content (AvgIpc) is 2.93. The molecule has 3 heterocycles. The van der Waals surface area contributed by atoms with Crippen molar-refractivity contribution in [1.82, 2.24) is 20.0 Å². The largest absolute Gasteiger partial charge is 0.481 e. The van der Waals surface area contributed by atoms with Crippen LogP contribution in [0.4, 0.5) is 0 Å². The second kappa shape index (κ2) is 6.55. The van der Waals surface area contributed by atoms with Gasteiger partial charge < -0.3 is 10.1 Å². The lowest BCUT2D eigenvalue weighted by molar-refractivity contribution is 0.193. The Morgan fingerprint density at radius 2 is 2.00 bits per heavy atom. The molecule has 120 valence electrons. The van der Waals surface area contributed by atoms with Crippen molar-refractivity contribution in [2.75, 3.05) is 33.3 Å². The molecule has 3 rings (SSSR count). The summed E-state index contributed by atoms with van der Waals surface area (Å²) < 4.78 is 7.36. The van der Waals surface area contributed by atoms with Crippen LogP contribution in [0.1, 0.15) is 30.5 Å². The maximum atomic E-state index is 5.51. The summed E-state index contributed by atoms with van der Waals surface area (Å²) in [6.07, 6.45) is 4.00. The summed E-state index contributed by atoms with van der Waals surface area (Å²) in [5.41, 5.74) is 2.91. The molecule has 6 heteroatoms. The van der Waals surface area contributed by atoms with E-state index in [1.165, 1.54) is 51.0 Å². The van der Waals surface area contributed by atoms with Gasteiger partial charge in [0.2, 0.25) is 5.88 Å². The Labute approximate surface area is 133 Å². The van der Waals surface area contributed by atoms with Crippen LogP contribution in [0.25, 0.3) is 0 Å². The van der Waals surface area contributed by atoms with Gasteiger partial charge in [-0.1, -0.05) is 0 Å². The van der Waals surface area contributed by atoms with Crippen molar-refractivity contribution in [2.24, 2.45) is 12.5 Å². The van der Waals surface area contributed by atoms with Crippen molar-refractivity contribution in [1.29, 1.82) is 0 Å². The van der Waals surface area contributed by atoms with Gasteiger partial charge in [-0.05, 0) is 51.2 Å². The second-order valence-electron chi connectivity index (χ2n) is 6.41. The molecule has 0 atom stereocenters. The van der Waals surface area contributed by atoms with E-state index in [1.807, 2.05) is 11.7 Å². The summed E-state index contributed by atoms with van der Waals surface area (Å²) in [6.45, 7) is 7.85. The van der Waals surface area contributed by atoms with Crippen molar-refractivity contribution in [3.05, 3.63) is 11.3 Å². The smallest absolute Gasteiger partial charge is 0.216 e. The van der Waals surface area contributed by atoms with Gasteiger partial charge in [0.05, 0.1) is 18.4 Å². The van der Waals surface area contributed by atoms with Gasteiger partial charge in [0.15, 0.2) is 0 Å². The highest BCUT2D eigenvalue weighted by Crippen LogP contribution is 2.39. The van der Waals surface area contributed by atoms with E-state index in [2.05, 4.69) is 22.2 Å². The van der Waals surface area contributed by atoms with Crippen molar-refractivity contribution >= 4 is 12.4 Å². The highest BCUT2D eigenvalue weighted by molar-refractivity contribution is 5.85. The van der Waals surface area contributed by atoms with E-state index in [0.717, 1.165) is 18.1 Å². The minimum Gasteiger partial charge on any atom is -0.481 e. The number of aromatic nitrogens is 2. The van der Waals surface area contributed by atoms with Gasteiger partial charge in [-0.2, -0.15) is 5.10 Å². The minimum absolute atomic E-state index is 0. The molecule has 5 nitrogen and oxygen atoms in total. The average molecular weight is 315 g/mol. The zero-order valence-electron chi connectivity index (χ0n) is 13.3. The number of methoxy groups -OCH3 is 1. The molecular formula is C15H27ClN4O. The van der Waals surface area contributed by atoms with E-state index in [1.54, 1.807) is 7.11 Å². The number of ether oxygens (including phenoxy) is 1. The second-order valence-corrected chi connectivity index (χ2v) is 6.41. The van der Waals surface area contributed by atoms with E-state index in [0.29, 0.717) is 5.41 Å². The molecule has 1 N–H and O–H groups in total. The summed E-state index contributed by atoms with van der Waals surface area (Å²) in [5.74, 6) is 0.911. The molecule has 0 bridgehead atoms. The Bertz CT molecular complexity index is 482. The topological polar surface area (TPSA) is 42.3 Å². The van der Waals surface area contributed by atoms with Crippen molar-refractivity contribution < 1.29 is 4.74 Å². The van der Waals surface area contributed by atoms with Crippen LogP contribution in [-0.2, 0) is 13.6 Å². The lowest BCUT2D eigenvalue weighted by Crippen LogP contribution is -2.38. The van der Waals surface area contributed by atoms with Crippen molar-refractivity contribution in [3.63, 3.8) is 0 Å².